The van der Waals surface area contributed by atoms with E-state index in [1.165, 1.54) is 12.1 Å². The van der Waals surface area contributed by atoms with Crippen LogP contribution in [0.4, 0.5) is 10.1 Å². The largest absolute Gasteiger partial charge is 0.488 e. The highest BCUT2D eigenvalue weighted by Crippen LogP contribution is 2.21. The molecule has 0 fully saturated rings. The molecule has 1 aromatic heterocycles. The molecular weight excluding hydrogens is 245 g/mol. The lowest BCUT2D eigenvalue weighted by Gasteiger charge is -2.09. The van der Waals surface area contributed by atoms with Crippen molar-refractivity contribution < 1.29 is 9.13 Å². The number of benzene rings is 1. The van der Waals surface area contributed by atoms with Crippen molar-refractivity contribution in [1.82, 2.24) is 9.78 Å². The van der Waals surface area contributed by atoms with Crippen LogP contribution in [0.3, 0.4) is 0 Å². The third-order valence-corrected chi connectivity index (χ3v) is 2.94. The van der Waals surface area contributed by atoms with Crippen molar-refractivity contribution in [2.45, 2.75) is 13.8 Å². The molecule has 0 saturated carbocycles. The number of anilines is 1. The second kappa shape index (κ2) is 5.73. The van der Waals surface area contributed by atoms with Crippen LogP contribution in [-0.4, -0.2) is 22.9 Å². The van der Waals surface area contributed by atoms with E-state index in [1.54, 1.807) is 10.7 Å². The molecule has 2 aromatic rings. The van der Waals surface area contributed by atoms with Gasteiger partial charge in [0.05, 0.1) is 5.69 Å². The summed E-state index contributed by atoms with van der Waals surface area (Å²) < 4.78 is 20.5. The number of rotatable bonds is 5. The Morgan fingerprint density at radius 1 is 1.37 bits per heavy atom. The molecule has 1 aromatic carbocycles. The summed E-state index contributed by atoms with van der Waals surface area (Å²) in [5, 5.41) is 7.39. The van der Waals surface area contributed by atoms with Crippen LogP contribution in [0.1, 0.15) is 11.4 Å². The fourth-order valence-electron chi connectivity index (χ4n) is 1.91. The van der Waals surface area contributed by atoms with Gasteiger partial charge in [-0.05, 0) is 32.0 Å². The summed E-state index contributed by atoms with van der Waals surface area (Å²) in [7, 11) is 1.89. The molecular formula is C14H18FN3O. The van der Waals surface area contributed by atoms with Crippen molar-refractivity contribution in [3.63, 3.8) is 0 Å². The molecule has 0 saturated heterocycles. The Hall–Kier alpha value is -2.04. The lowest BCUT2D eigenvalue weighted by atomic mass is 10.3. The average Bonchev–Trinajstić information content (AvgIpc) is 2.60. The molecule has 0 aliphatic heterocycles. The third kappa shape index (κ3) is 3.24. The van der Waals surface area contributed by atoms with Crippen molar-refractivity contribution in [2.75, 3.05) is 18.5 Å². The molecule has 0 radical (unpaired) electrons. The Labute approximate surface area is 112 Å². The standard InChI is InChI=1S/C14H18FN3O/c1-10-14(11(2)18(3)17-10)19-8-7-16-13-6-4-5-12(15)9-13/h4-6,9,16H,7-8H2,1-3H3. The van der Waals surface area contributed by atoms with Crippen LogP contribution in [0.25, 0.3) is 0 Å². The quantitative estimate of drug-likeness (QED) is 0.843. The molecule has 0 amide bonds. The second-order valence-corrected chi connectivity index (χ2v) is 4.41. The summed E-state index contributed by atoms with van der Waals surface area (Å²) in [5.41, 5.74) is 2.64. The predicted octanol–water partition coefficient (Wildman–Crippen LogP) is 2.67. The molecule has 0 aliphatic rings. The van der Waals surface area contributed by atoms with E-state index in [0.717, 1.165) is 22.8 Å². The Morgan fingerprint density at radius 3 is 2.79 bits per heavy atom. The van der Waals surface area contributed by atoms with Crippen LogP contribution in [0.15, 0.2) is 24.3 Å². The topological polar surface area (TPSA) is 39.1 Å². The van der Waals surface area contributed by atoms with Gasteiger partial charge in [-0.1, -0.05) is 6.07 Å². The lowest BCUT2D eigenvalue weighted by Crippen LogP contribution is -2.12. The zero-order chi connectivity index (χ0) is 13.8. The molecule has 19 heavy (non-hydrogen) atoms. The Morgan fingerprint density at radius 2 is 2.16 bits per heavy atom. The van der Waals surface area contributed by atoms with E-state index in [1.807, 2.05) is 27.0 Å². The van der Waals surface area contributed by atoms with Gasteiger partial charge in [-0.2, -0.15) is 5.10 Å². The third-order valence-electron chi connectivity index (χ3n) is 2.94. The molecule has 2 rings (SSSR count). The summed E-state index contributed by atoms with van der Waals surface area (Å²) in [6.07, 6.45) is 0. The van der Waals surface area contributed by atoms with Gasteiger partial charge in [0.25, 0.3) is 0 Å². The maximum Gasteiger partial charge on any atom is 0.163 e. The van der Waals surface area contributed by atoms with E-state index in [0.29, 0.717) is 13.2 Å². The van der Waals surface area contributed by atoms with Crippen molar-refractivity contribution in [3.05, 3.63) is 41.5 Å². The molecule has 0 atom stereocenters. The first-order valence-electron chi connectivity index (χ1n) is 6.20. The first-order chi connectivity index (χ1) is 9.08. The van der Waals surface area contributed by atoms with Gasteiger partial charge in [-0.25, -0.2) is 4.39 Å². The molecule has 102 valence electrons. The van der Waals surface area contributed by atoms with Crippen molar-refractivity contribution >= 4 is 5.69 Å². The number of hydrogen-bond acceptors (Lipinski definition) is 3. The van der Waals surface area contributed by atoms with Gasteiger partial charge in [-0.15, -0.1) is 0 Å². The van der Waals surface area contributed by atoms with Crippen LogP contribution in [-0.2, 0) is 7.05 Å². The minimum Gasteiger partial charge on any atom is -0.488 e. The molecule has 5 heteroatoms. The summed E-state index contributed by atoms with van der Waals surface area (Å²) in [6, 6.07) is 6.38. The summed E-state index contributed by atoms with van der Waals surface area (Å²) in [4.78, 5) is 0. The highest BCUT2D eigenvalue weighted by Gasteiger charge is 2.09. The highest BCUT2D eigenvalue weighted by molar-refractivity contribution is 5.43. The van der Waals surface area contributed by atoms with Crippen LogP contribution in [0.5, 0.6) is 5.75 Å². The second-order valence-electron chi connectivity index (χ2n) is 4.41. The van der Waals surface area contributed by atoms with E-state index < -0.39 is 0 Å². The van der Waals surface area contributed by atoms with Gasteiger partial charge in [-0.3, -0.25) is 4.68 Å². The number of aromatic nitrogens is 2. The Kier molecular flexibility index (Phi) is 4.04. The summed E-state index contributed by atoms with van der Waals surface area (Å²) in [6.45, 7) is 5.00. The Bertz CT molecular complexity index is 566. The van der Waals surface area contributed by atoms with Gasteiger partial charge in [0.2, 0.25) is 0 Å². The fraction of sp³-hybridized carbons (Fsp3) is 0.357. The Balaban J connectivity index is 1.84. The normalized spacial score (nSPS) is 10.5. The molecule has 4 nitrogen and oxygen atoms in total. The van der Waals surface area contributed by atoms with E-state index in [-0.39, 0.29) is 5.82 Å². The maximum absolute atomic E-state index is 13.0. The van der Waals surface area contributed by atoms with Crippen molar-refractivity contribution in [2.24, 2.45) is 7.05 Å². The van der Waals surface area contributed by atoms with Gasteiger partial charge in [0.1, 0.15) is 18.1 Å². The molecule has 0 aliphatic carbocycles. The SMILES string of the molecule is Cc1nn(C)c(C)c1OCCNc1cccc(F)c1. The molecule has 1 heterocycles. The lowest BCUT2D eigenvalue weighted by molar-refractivity contribution is 0.328. The zero-order valence-electron chi connectivity index (χ0n) is 11.4. The van der Waals surface area contributed by atoms with Crippen molar-refractivity contribution in [3.8, 4) is 5.75 Å². The molecule has 1 N–H and O–H groups in total. The monoisotopic (exact) mass is 263 g/mol. The van der Waals surface area contributed by atoms with Crippen LogP contribution in [0.2, 0.25) is 0 Å². The van der Waals surface area contributed by atoms with E-state index in [2.05, 4.69) is 10.4 Å². The van der Waals surface area contributed by atoms with Gasteiger partial charge >= 0.3 is 0 Å². The fourth-order valence-corrected chi connectivity index (χ4v) is 1.91. The van der Waals surface area contributed by atoms with Gasteiger partial charge in [0.15, 0.2) is 5.75 Å². The number of hydrogen-bond donors (Lipinski definition) is 1. The first kappa shape index (κ1) is 13.4. The molecule has 0 unspecified atom stereocenters. The predicted molar refractivity (Wildman–Crippen MR) is 73.1 cm³/mol. The first-order valence-corrected chi connectivity index (χ1v) is 6.20. The van der Waals surface area contributed by atoms with E-state index >= 15 is 0 Å². The minimum atomic E-state index is -0.245. The van der Waals surface area contributed by atoms with Crippen LogP contribution >= 0.6 is 0 Å². The minimum absolute atomic E-state index is 0.245. The maximum atomic E-state index is 13.0. The number of nitrogens with zero attached hydrogens (tertiary/aromatic N) is 2. The number of nitrogens with one attached hydrogen (secondary N) is 1. The zero-order valence-corrected chi connectivity index (χ0v) is 11.4. The number of aryl methyl sites for hydroxylation is 2. The van der Waals surface area contributed by atoms with Gasteiger partial charge in [0, 0.05) is 19.3 Å². The van der Waals surface area contributed by atoms with E-state index in [9.17, 15) is 4.39 Å². The van der Waals surface area contributed by atoms with E-state index in [4.69, 9.17) is 4.74 Å². The smallest absolute Gasteiger partial charge is 0.163 e. The molecule has 0 bridgehead atoms. The highest BCUT2D eigenvalue weighted by atomic mass is 19.1. The van der Waals surface area contributed by atoms with Crippen molar-refractivity contribution in [1.29, 1.82) is 0 Å². The number of halogens is 1. The molecule has 0 spiro atoms. The summed E-state index contributed by atoms with van der Waals surface area (Å²) >= 11 is 0. The summed E-state index contributed by atoms with van der Waals surface area (Å²) in [5.74, 6) is 0.577. The number of ether oxygens (including phenoxy) is 1. The van der Waals surface area contributed by atoms with Gasteiger partial charge < -0.3 is 10.1 Å². The average molecular weight is 263 g/mol. The van der Waals surface area contributed by atoms with Crippen LogP contribution in [0, 0.1) is 19.7 Å². The van der Waals surface area contributed by atoms with Crippen LogP contribution < -0.4 is 10.1 Å².